The van der Waals surface area contributed by atoms with Gasteiger partial charge in [0.1, 0.15) is 0 Å². The van der Waals surface area contributed by atoms with Crippen LogP contribution in [-0.4, -0.2) is 29.5 Å². The minimum atomic E-state index is 0.0571. The van der Waals surface area contributed by atoms with E-state index >= 15 is 0 Å². The molecule has 0 spiro atoms. The Kier molecular flexibility index (Phi) is 4.78. The van der Waals surface area contributed by atoms with Gasteiger partial charge in [0.25, 0.3) is 0 Å². The number of hydrogen-bond acceptors (Lipinski definition) is 3. The molecular weight excluding hydrogens is 190 g/mol. The van der Waals surface area contributed by atoms with Crippen LogP contribution in [0.25, 0.3) is 0 Å². The highest BCUT2D eigenvalue weighted by atomic mass is 16.5. The number of rotatable bonds is 6. The van der Waals surface area contributed by atoms with Gasteiger partial charge >= 0.3 is 0 Å². The van der Waals surface area contributed by atoms with Crippen molar-refractivity contribution in [2.24, 2.45) is 5.73 Å². The van der Waals surface area contributed by atoms with E-state index in [0.717, 1.165) is 25.1 Å². The van der Waals surface area contributed by atoms with Gasteiger partial charge in [-0.25, -0.2) is 0 Å². The van der Waals surface area contributed by atoms with E-state index in [1.807, 2.05) is 4.68 Å². The Hall–Kier alpha value is -0.870. The lowest BCUT2D eigenvalue weighted by molar-refractivity contribution is 0.179. The number of nitrogens with zero attached hydrogens (tertiary/aromatic N) is 2. The van der Waals surface area contributed by atoms with Crippen LogP contribution in [0.2, 0.25) is 0 Å². The monoisotopic (exact) mass is 211 g/mol. The maximum atomic E-state index is 5.92. The molecule has 0 aliphatic heterocycles. The van der Waals surface area contributed by atoms with Crippen LogP contribution in [-0.2, 0) is 24.1 Å². The van der Waals surface area contributed by atoms with E-state index in [1.165, 1.54) is 5.69 Å². The molecule has 1 atom stereocenters. The van der Waals surface area contributed by atoms with Gasteiger partial charge in [0.2, 0.25) is 0 Å². The van der Waals surface area contributed by atoms with Gasteiger partial charge in [-0.15, -0.1) is 0 Å². The Morgan fingerprint density at radius 1 is 1.53 bits per heavy atom. The maximum Gasteiger partial charge on any atom is 0.0624 e. The van der Waals surface area contributed by atoms with Crippen molar-refractivity contribution in [3.63, 3.8) is 0 Å². The number of aromatic nitrogens is 2. The summed E-state index contributed by atoms with van der Waals surface area (Å²) in [6.07, 6.45) is 1.80. The zero-order valence-corrected chi connectivity index (χ0v) is 9.86. The Balaban J connectivity index is 2.69. The first kappa shape index (κ1) is 12.2. The minimum Gasteiger partial charge on any atom is -0.383 e. The van der Waals surface area contributed by atoms with Crippen molar-refractivity contribution in [1.29, 1.82) is 0 Å². The molecule has 0 saturated carbocycles. The molecule has 0 fully saturated rings. The van der Waals surface area contributed by atoms with Gasteiger partial charge in [0.05, 0.1) is 12.3 Å². The van der Waals surface area contributed by atoms with Gasteiger partial charge in [0, 0.05) is 31.8 Å². The molecule has 86 valence electrons. The number of ether oxygens (including phenoxy) is 1. The predicted molar refractivity (Wildman–Crippen MR) is 60.8 cm³/mol. The van der Waals surface area contributed by atoms with Crippen LogP contribution in [0.4, 0.5) is 0 Å². The summed E-state index contributed by atoms with van der Waals surface area (Å²) in [7, 11) is 1.68. The summed E-state index contributed by atoms with van der Waals surface area (Å²) in [5.74, 6) is 0. The fraction of sp³-hybridized carbons (Fsp3) is 0.727. The first-order valence-corrected chi connectivity index (χ1v) is 5.51. The van der Waals surface area contributed by atoms with E-state index < -0.39 is 0 Å². The molecule has 0 aliphatic rings. The molecule has 0 aliphatic carbocycles. The molecule has 1 heterocycles. The first-order valence-electron chi connectivity index (χ1n) is 5.51. The molecule has 4 heteroatoms. The molecule has 0 radical (unpaired) electrons. The molecule has 1 aromatic heterocycles. The van der Waals surface area contributed by atoms with Crippen molar-refractivity contribution in [2.45, 2.75) is 39.3 Å². The molecule has 0 saturated heterocycles. The standard InChI is InChI=1S/C11H21N3O/c1-4-10-7-11(14(5-2)13-10)6-9(12)8-15-3/h7,9H,4-6,8,12H2,1-3H3. The summed E-state index contributed by atoms with van der Waals surface area (Å²) in [5.41, 5.74) is 8.27. The van der Waals surface area contributed by atoms with Crippen LogP contribution in [0.5, 0.6) is 0 Å². The van der Waals surface area contributed by atoms with E-state index in [4.69, 9.17) is 10.5 Å². The van der Waals surface area contributed by atoms with Crippen molar-refractivity contribution >= 4 is 0 Å². The van der Waals surface area contributed by atoms with Crippen LogP contribution in [0.3, 0.4) is 0 Å². The Morgan fingerprint density at radius 3 is 2.80 bits per heavy atom. The highest BCUT2D eigenvalue weighted by Crippen LogP contribution is 2.07. The number of methoxy groups -OCH3 is 1. The number of aryl methyl sites for hydroxylation is 2. The normalized spacial score (nSPS) is 13.1. The Bertz CT molecular complexity index is 296. The van der Waals surface area contributed by atoms with Crippen molar-refractivity contribution in [3.8, 4) is 0 Å². The molecule has 1 rings (SSSR count). The summed E-state index contributed by atoms with van der Waals surface area (Å²) < 4.78 is 7.05. The van der Waals surface area contributed by atoms with Gasteiger partial charge in [-0.05, 0) is 19.4 Å². The van der Waals surface area contributed by atoms with E-state index in [9.17, 15) is 0 Å². The third-order valence-corrected chi connectivity index (χ3v) is 2.43. The van der Waals surface area contributed by atoms with Gasteiger partial charge in [-0.1, -0.05) is 6.92 Å². The first-order chi connectivity index (χ1) is 7.21. The molecule has 4 nitrogen and oxygen atoms in total. The summed E-state index contributed by atoms with van der Waals surface area (Å²) >= 11 is 0. The van der Waals surface area contributed by atoms with Gasteiger partial charge in [0.15, 0.2) is 0 Å². The lowest BCUT2D eigenvalue weighted by atomic mass is 10.1. The van der Waals surface area contributed by atoms with Crippen molar-refractivity contribution in [2.75, 3.05) is 13.7 Å². The highest BCUT2D eigenvalue weighted by molar-refractivity contribution is 5.11. The van der Waals surface area contributed by atoms with Crippen molar-refractivity contribution in [3.05, 3.63) is 17.5 Å². The number of nitrogens with two attached hydrogens (primary N) is 1. The smallest absolute Gasteiger partial charge is 0.0624 e. The molecule has 0 bridgehead atoms. The molecule has 15 heavy (non-hydrogen) atoms. The van der Waals surface area contributed by atoms with Gasteiger partial charge in [-0.2, -0.15) is 5.10 Å². The Morgan fingerprint density at radius 2 is 2.27 bits per heavy atom. The highest BCUT2D eigenvalue weighted by Gasteiger charge is 2.10. The summed E-state index contributed by atoms with van der Waals surface area (Å²) in [5, 5.41) is 4.48. The second-order valence-electron chi connectivity index (χ2n) is 3.72. The molecule has 0 aromatic carbocycles. The molecule has 1 aromatic rings. The second kappa shape index (κ2) is 5.88. The summed E-state index contributed by atoms with van der Waals surface area (Å²) in [4.78, 5) is 0. The zero-order valence-electron chi connectivity index (χ0n) is 9.86. The maximum absolute atomic E-state index is 5.92. The molecule has 0 amide bonds. The van der Waals surface area contributed by atoms with Crippen LogP contribution in [0.1, 0.15) is 25.2 Å². The molecular formula is C11H21N3O. The predicted octanol–water partition coefficient (Wildman–Crippen LogP) is 0.982. The zero-order chi connectivity index (χ0) is 11.3. The summed E-state index contributed by atoms with van der Waals surface area (Å²) in [6.45, 7) is 5.70. The van der Waals surface area contributed by atoms with Crippen molar-refractivity contribution < 1.29 is 4.74 Å². The van der Waals surface area contributed by atoms with E-state index in [-0.39, 0.29) is 6.04 Å². The third kappa shape index (κ3) is 3.32. The Labute approximate surface area is 91.4 Å². The third-order valence-electron chi connectivity index (χ3n) is 2.43. The molecule has 1 unspecified atom stereocenters. The average molecular weight is 211 g/mol. The van der Waals surface area contributed by atoms with E-state index in [0.29, 0.717) is 6.61 Å². The lowest BCUT2D eigenvalue weighted by Gasteiger charge is -2.10. The van der Waals surface area contributed by atoms with Crippen LogP contribution < -0.4 is 5.73 Å². The fourth-order valence-corrected chi connectivity index (χ4v) is 1.67. The van der Waals surface area contributed by atoms with Crippen LogP contribution in [0, 0.1) is 0 Å². The molecule has 2 N–H and O–H groups in total. The second-order valence-corrected chi connectivity index (χ2v) is 3.72. The lowest BCUT2D eigenvalue weighted by Crippen LogP contribution is -2.29. The largest absolute Gasteiger partial charge is 0.383 e. The summed E-state index contributed by atoms with van der Waals surface area (Å²) in [6, 6.07) is 2.20. The minimum absolute atomic E-state index is 0.0571. The van der Waals surface area contributed by atoms with Gasteiger partial charge in [-0.3, -0.25) is 4.68 Å². The van der Waals surface area contributed by atoms with E-state index in [1.54, 1.807) is 7.11 Å². The van der Waals surface area contributed by atoms with Crippen LogP contribution in [0.15, 0.2) is 6.07 Å². The quantitative estimate of drug-likeness (QED) is 0.763. The van der Waals surface area contributed by atoms with Gasteiger partial charge < -0.3 is 10.5 Å². The number of hydrogen-bond donors (Lipinski definition) is 1. The SMILES string of the molecule is CCc1cc(CC(N)COC)n(CC)n1. The topological polar surface area (TPSA) is 53.1 Å². The van der Waals surface area contributed by atoms with Crippen molar-refractivity contribution in [1.82, 2.24) is 9.78 Å². The fourth-order valence-electron chi connectivity index (χ4n) is 1.67. The van der Waals surface area contributed by atoms with Crippen LogP contribution >= 0.6 is 0 Å². The average Bonchev–Trinajstić information content (AvgIpc) is 2.60. The van der Waals surface area contributed by atoms with E-state index in [2.05, 4.69) is 25.0 Å².